The Hall–Kier alpha value is -1.15. The number of hydrogen-bond donors (Lipinski definition) is 1. The fourth-order valence-electron chi connectivity index (χ4n) is 1.28. The molecule has 2 nitrogen and oxygen atoms in total. The van der Waals surface area contributed by atoms with E-state index in [1.807, 2.05) is 52.0 Å². The summed E-state index contributed by atoms with van der Waals surface area (Å²) in [6, 6.07) is 7.91. The van der Waals surface area contributed by atoms with E-state index in [9.17, 15) is 0 Å². The van der Waals surface area contributed by atoms with Gasteiger partial charge >= 0.3 is 0 Å². The first-order valence-corrected chi connectivity index (χ1v) is 5.61. The van der Waals surface area contributed by atoms with E-state index in [0.717, 1.165) is 11.1 Å². The zero-order chi connectivity index (χ0) is 11.7. The molecule has 1 aliphatic rings. The van der Waals surface area contributed by atoms with E-state index in [0.29, 0.717) is 18.9 Å². The van der Waals surface area contributed by atoms with Gasteiger partial charge in [-0.3, -0.25) is 0 Å². The van der Waals surface area contributed by atoms with Crippen LogP contribution < -0.4 is 0 Å². The molecule has 2 rings (SSSR count). The summed E-state index contributed by atoms with van der Waals surface area (Å²) in [5.74, 6) is 0. The molecule has 15 heavy (non-hydrogen) atoms. The zero-order valence-corrected chi connectivity index (χ0v) is 10.1. The van der Waals surface area contributed by atoms with Crippen molar-refractivity contribution in [3.05, 3.63) is 35.4 Å². The van der Waals surface area contributed by atoms with Gasteiger partial charge < -0.3 is 10.1 Å². The van der Waals surface area contributed by atoms with Crippen molar-refractivity contribution in [3.8, 4) is 0 Å². The van der Waals surface area contributed by atoms with Crippen LogP contribution in [0.1, 0.15) is 38.8 Å². The Labute approximate surface area is 92.8 Å². The van der Waals surface area contributed by atoms with Gasteiger partial charge in [-0.15, -0.1) is 0 Å². The monoisotopic (exact) mass is 207 g/mol. The van der Waals surface area contributed by atoms with Crippen molar-refractivity contribution < 1.29 is 4.74 Å². The molecule has 1 heterocycles. The van der Waals surface area contributed by atoms with Crippen molar-refractivity contribution in [1.29, 1.82) is 5.41 Å². The Bertz CT molecular complexity index is 294. The van der Waals surface area contributed by atoms with Gasteiger partial charge in [0.15, 0.2) is 0 Å². The quantitative estimate of drug-likeness (QED) is 0.692. The molecule has 0 saturated heterocycles. The third-order valence-electron chi connectivity index (χ3n) is 1.85. The molecule has 0 radical (unpaired) electrons. The molecule has 84 valence electrons. The normalized spacial score (nSPS) is 12.7. The van der Waals surface area contributed by atoms with Gasteiger partial charge in [0.1, 0.15) is 0 Å². The number of rotatable bonds is 0. The summed E-state index contributed by atoms with van der Waals surface area (Å²) >= 11 is 0. The van der Waals surface area contributed by atoms with Crippen LogP contribution in [0.2, 0.25) is 0 Å². The third kappa shape index (κ3) is 3.84. The van der Waals surface area contributed by atoms with Crippen molar-refractivity contribution in [2.24, 2.45) is 0 Å². The lowest BCUT2D eigenvalue weighted by Crippen LogP contribution is -2.17. The van der Waals surface area contributed by atoms with Gasteiger partial charge in [0, 0.05) is 5.56 Å². The SMILES string of the molecule is CC.CC.N=C1COCc2ccccc21. The van der Waals surface area contributed by atoms with Gasteiger partial charge in [0.05, 0.1) is 18.9 Å². The van der Waals surface area contributed by atoms with E-state index in [1.165, 1.54) is 0 Å². The van der Waals surface area contributed by atoms with Gasteiger partial charge in [-0.2, -0.15) is 0 Å². The minimum Gasteiger partial charge on any atom is -0.370 e. The molecular weight excluding hydrogens is 186 g/mol. The summed E-state index contributed by atoms with van der Waals surface area (Å²) < 4.78 is 5.18. The number of ether oxygens (including phenoxy) is 1. The summed E-state index contributed by atoms with van der Waals surface area (Å²) in [6.45, 7) is 9.11. The molecule has 1 aromatic carbocycles. The maximum Gasteiger partial charge on any atom is 0.0891 e. The number of benzene rings is 1. The third-order valence-corrected chi connectivity index (χ3v) is 1.85. The second kappa shape index (κ2) is 8.18. The Morgan fingerprint density at radius 1 is 1.00 bits per heavy atom. The van der Waals surface area contributed by atoms with Crippen molar-refractivity contribution in [3.63, 3.8) is 0 Å². The highest BCUT2D eigenvalue weighted by Gasteiger charge is 2.12. The van der Waals surface area contributed by atoms with Crippen molar-refractivity contribution in [2.45, 2.75) is 34.3 Å². The summed E-state index contributed by atoms with van der Waals surface area (Å²) in [5, 5.41) is 7.55. The molecular formula is C13H21NO. The fourth-order valence-corrected chi connectivity index (χ4v) is 1.28. The standard InChI is InChI=1S/C9H9NO.2C2H6/c10-9-6-11-5-7-3-1-2-4-8(7)9;2*1-2/h1-4,10H,5-6H2;2*1-2H3. The molecule has 0 amide bonds. The molecule has 1 N–H and O–H groups in total. The molecule has 2 heteroatoms. The molecule has 0 spiro atoms. The first-order chi connectivity index (χ1) is 7.38. The van der Waals surface area contributed by atoms with Gasteiger partial charge in [-0.25, -0.2) is 0 Å². The maximum absolute atomic E-state index is 7.55. The van der Waals surface area contributed by atoms with Gasteiger partial charge in [0.2, 0.25) is 0 Å². The van der Waals surface area contributed by atoms with Crippen LogP contribution in [0.4, 0.5) is 0 Å². The van der Waals surface area contributed by atoms with Crippen molar-refractivity contribution in [2.75, 3.05) is 6.61 Å². The second-order valence-corrected chi connectivity index (χ2v) is 2.63. The van der Waals surface area contributed by atoms with E-state index in [-0.39, 0.29) is 0 Å². The van der Waals surface area contributed by atoms with E-state index in [4.69, 9.17) is 10.1 Å². The van der Waals surface area contributed by atoms with Crippen molar-refractivity contribution >= 4 is 5.71 Å². The van der Waals surface area contributed by atoms with Gasteiger partial charge in [-0.1, -0.05) is 52.0 Å². The molecule has 0 atom stereocenters. The molecule has 0 bridgehead atoms. The average Bonchev–Trinajstić information content (AvgIpc) is 2.35. The zero-order valence-electron chi connectivity index (χ0n) is 10.1. The highest BCUT2D eigenvalue weighted by molar-refractivity contribution is 6.01. The lowest BCUT2D eigenvalue weighted by Gasteiger charge is -2.16. The Kier molecular flexibility index (Phi) is 7.56. The van der Waals surface area contributed by atoms with Crippen LogP contribution in [-0.2, 0) is 11.3 Å². The predicted octanol–water partition coefficient (Wildman–Crippen LogP) is 3.64. The lowest BCUT2D eigenvalue weighted by molar-refractivity contribution is 0.151. The largest absolute Gasteiger partial charge is 0.370 e. The molecule has 1 aromatic rings. The molecule has 0 saturated carbocycles. The Balaban J connectivity index is 0.000000442. The van der Waals surface area contributed by atoms with E-state index in [2.05, 4.69) is 0 Å². The van der Waals surface area contributed by atoms with Crippen LogP contribution >= 0.6 is 0 Å². The average molecular weight is 207 g/mol. The first kappa shape index (κ1) is 13.8. The summed E-state index contributed by atoms with van der Waals surface area (Å²) in [7, 11) is 0. The topological polar surface area (TPSA) is 33.1 Å². The summed E-state index contributed by atoms with van der Waals surface area (Å²) in [5.41, 5.74) is 2.76. The van der Waals surface area contributed by atoms with E-state index in [1.54, 1.807) is 0 Å². The van der Waals surface area contributed by atoms with Crippen LogP contribution in [0.25, 0.3) is 0 Å². The lowest BCUT2D eigenvalue weighted by atomic mass is 10.0. The summed E-state index contributed by atoms with van der Waals surface area (Å²) in [6.07, 6.45) is 0. The van der Waals surface area contributed by atoms with E-state index < -0.39 is 0 Å². The van der Waals surface area contributed by atoms with Gasteiger partial charge in [0.25, 0.3) is 0 Å². The summed E-state index contributed by atoms with van der Waals surface area (Å²) in [4.78, 5) is 0. The highest BCUT2D eigenvalue weighted by atomic mass is 16.5. The molecule has 0 unspecified atom stereocenters. The Morgan fingerprint density at radius 3 is 2.20 bits per heavy atom. The van der Waals surface area contributed by atoms with E-state index >= 15 is 0 Å². The smallest absolute Gasteiger partial charge is 0.0891 e. The van der Waals surface area contributed by atoms with Crippen molar-refractivity contribution in [1.82, 2.24) is 0 Å². The van der Waals surface area contributed by atoms with Crippen LogP contribution in [0, 0.1) is 5.41 Å². The molecule has 0 aromatic heterocycles. The first-order valence-electron chi connectivity index (χ1n) is 5.61. The number of nitrogens with one attached hydrogen (secondary N) is 1. The fraction of sp³-hybridized carbons (Fsp3) is 0.462. The maximum atomic E-state index is 7.55. The molecule has 0 aliphatic carbocycles. The minimum absolute atomic E-state index is 0.455. The van der Waals surface area contributed by atoms with Crippen LogP contribution in [-0.4, -0.2) is 12.3 Å². The number of hydrogen-bond acceptors (Lipinski definition) is 2. The van der Waals surface area contributed by atoms with Crippen LogP contribution in [0.3, 0.4) is 0 Å². The van der Waals surface area contributed by atoms with Crippen LogP contribution in [0.15, 0.2) is 24.3 Å². The highest BCUT2D eigenvalue weighted by Crippen LogP contribution is 2.15. The second-order valence-electron chi connectivity index (χ2n) is 2.63. The Morgan fingerprint density at radius 2 is 1.60 bits per heavy atom. The molecule has 0 fully saturated rings. The van der Waals surface area contributed by atoms with Crippen LogP contribution in [0.5, 0.6) is 0 Å². The van der Waals surface area contributed by atoms with Gasteiger partial charge in [-0.05, 0) is 5.56 Å². The minimum atomic E-state index is 0.455. The molecule has 1 aliphatic heterocycles. The predicted molar refractivity (Wildman–Crippen MR) is 65.6 cm³/mol. The number of fused-ring (bicyclic) bond motifs is 1.